The summed E-state index contributed by atoms with van der Waals surface area (Å²) >= 11 is 12.7. The van der Waals surface area contributed by atoms with E-state index in [1.807, 2.05) is 45.4 Å². The molecule has 1 N–H and O–H groups in total. The molecule has 0 fully saturated rings. The Morgan fingerprint density at radius 3 is 2.69 bits per heavy atom. The Balaban J connectivity index is 1.75. The Morgan fingerprint density at radius 2 is 1.93 bits per heavy atom. The number of nitrogens with one attached hydrogen (secondary N) is 1. The average molecular weight is 439 g/mol. The van der Waals surface area contributed by atoms with Crippen molar-refractivity contribution in [2.24, 2.45) is 0 Å². The number of hydrogen-bond donors (Lipinski definition) is 1. The van der Waals surface area contributed by atoms with Gasteiger partial charge >= 0.3 is 5.97 Å². The summed E-state index contributed by atoms with van der Waals surface area (Å²) in [4.78, 5) is 20.0. The van der Waals surface area contributed by atoms with Gasteiger partial charge in [-0.15, -0.1) is 0 Å². The largest absolute Gasteiger partial charge is 0.462 e. The van der Waals surface area contributed by atoms with Crippen LogP contribution >= 0.6 is 35.8 Å². The highest BCUT2D eigenvalue weighted by molar-refractivity contribution is 7.73. The number of aromatic amines is 1. The lowest BCUT2D eigenvalue weighted by Gasteiger charge is -2.06. The van der Waals surface area contributed by atoms with E-state index in [4.69, 9.17) is 29.2 Å². The van der Waals surface area contributed by atoms with Crippen molar-refractivity contribution in [1.82, 2.24) is 18.9 Å². The number of rotatable bonds is 3. The first kappa shape index (κ1) is 18.2. The van der Waals surface area contributed by atoms with Crippen LogP contribution in [0.1, 0.15) is 17.3 Å². The van der Waals surface area contributed by atoms with E-state index < -0.39 is 0 Å². The maximum Gasteiger partial charge on any atom is 0.338 e. The average Bonchev–Trinajstić information content (AvgIpc) is 3.26. The first-order valence-electron chi connectivity index (χ1n) is 8.91. The SMILES string of the molecule is CCOC(=O)c1ccc(-n2c(=S)sc3c2nc(=S)n2c4ccccc4[nH]c32)cc1. The molecule has 144 valence electrons. The number of aromatic nitrogens is 4. The second-order valence-electron chi connectivity index (χ2n) is 6.34. The van der Waals surface area contributed by atoms with E-state index in [9.17, 15) is 4.79 Å². The van der Waals surface area contributed by atoms with Crippen LogP contribution in [0.3, 0.4) is 0 Å². The van der Waals surface area contributed by atoms with Gasteiger partial charge in [0.1, 0.15) is 10.3 Å². The Kier molecular flexibility index (Phi) is 4.30. The Morgan fingerprint density at radius 1 is 1.17 bits per heavy atom. The summed E-state index contributed by atoms with van der Waals surface area (Å²) in [6.07, 6.45) is 0. The third-order valence-corrected chi connectivity index (χ3v) is 6.30. The number of H-pyrrole nitrogens is 1. The van der Waals surface area contributed by atoms with Crippen LogP contribution in [-0.2, 0) is 4.74 Å². The molecular weight excluding hydrogens is 424 g/mol. The van der Waals surface area contributed by atoms with Crippen molar-refractivity contribution in [2.45, 2.75) is 6.92 Å². The van der Waals surface area contributed by atoms with Gasteiger partial charge < -0.3 is 9.72 Å². The predicted octanol–water partition coefficient (Wildman–Crippen LogP) is 5.46. The minimum atomic E-state index is -0.347. The number of ether oxygens (including phenoxy) is 1. The highest BCUT2D eigenvalue weighted by atomic mass is 32.1. The van der Waals surface area contributed by atoms with Gasteiger partial charge in [0.2, 0.25) is 4.77 Å². The van der Waals surface area contributed by atoms with E-state index in [1.165, 1.54) is 11.3 Å². The summed E-state index contributed by atoms with van der Waals surface area (Å²) in [6.45, 7) is 2.12. The van der Waals surface area contributed by atoms with E-state index in [-0.39, 0.29) is 5.97 Å². The van der Waals surface area contributed by atoms with Crippen LogP contribution < -0.4 is 0 Å². The molecule has 0 bridgehead atoms. The molecule has 0 spiro atoms. The molecule has 0 amide bonds. The molecule has 3 heterocycles. The van der Waals surface area contributed by atoms with Gasteiger partial charge in [-0.1, -0.05) is 23.5 Å². The molecular formula is C20H14N4O2S3. The van der Waals surface area contributed by atoms with Crippen molar-refractivity contribution < 1.29 is 9.53 Å². The molecule has 0 aliphatic carbocycles. The maximum atomic E-state index is 11.9. The molecule has 5 aromatic rings. The molecule has 0 aliphatic heterocycles. The second-order valence-corrected chi connectivity index (χ2v) is 8.35. The van der Waals surface area contributed by atoms with Crippen molar-refractivity contribution in [1.29, 1.82) is 0 Å². The number of esters is 1. The van der Waals surface area contributed by atoms with Crippen molar-refractivity contribution >= 4 is 68.8 Å². The second kappa shape index (κ2) is 6.87. The Labute approximate surface area is 179 Å². The van der Waals surface area contributed by atoms with Crippen LogP contribution in [0, 0.1) is 8.73 Å². The van der Waals surface area contributed by atoms with Gasteiger partial charge in [-0.05, 0) is 67.8 Å². The fourth-order valence-corrected chi connectivity index (χ4v) is 5.03. The van der Waals surface area contributed by atoms with E-state index in [0.29, 0.717) is 26.5 Å². The molecule has 9 heteroatoms. The number of para-hydroxylation sites is 2. The number of nitrogens with zero attached hydrogens (tertiary/aromatic N) is 3. The summed E-state index contributed by atoms with van der Waals surface area (Å²) in [6, 6.07) is 15.1. The van der Waals surface area contributed by atoms with Crippen molar-refractivity contribution in [3.05, 3.63) is 62.8 Å². The first-order valence-corrected chi connectivity index (χ1v) is 10.5. The van der Waals surface area contributed by atoms with E-state index in [1.54, 1.807) is 19.1 Å². The van der Waals surface area contributed by atoms with Crippen LogP contribution in [0.15, 0.2) is 48.5 Å². The van der Waals surface area contributed by atoms with Gasteiger partial charge in [-0.3, -0.25) is 8.97 Å². The fourth-order valence-electron chi connectivity index (χ4n) is 3.39. The molecule has 0 unspecified atom stereocenters. The Bertz CT molecular complexity index is 1520. The molecule has 3 aromatic heterocycles. The van der Waals surface area contributed by atoms with Crippen molar-refractivity contribution in [2.75, 3.05) is 6.61 Å². The minimum absolute atomic E-state index is 0.338. The molecule has 0 saturated heterocycles. The van der Waals surface area contributed by atoms with Gasteiger partial charge in [0.05, 0.1) is 23.2 Å². The highest BCUT2D eigenvalue weighted by Crippen LogP contribution is 2.30. The number of fused-ring (bicyclic) bond motifs is 5. The number of thiazole rings is 1. The summed E-state index contributed by atoms with van der Waals surface area (Å²) in [5, 5.41) is 0. The third-order valence-electron chi connectivity index (χ3n) is 4.65. The van der Waals surface area contributed by atoms with E-state index in [0.717, 1.165) is 27.1 Å². The fraction of sp³-hybridized carbons (Fsp3) is 0.100. The number of benzene rings is 2. The molecule has 0 saturated carbocycles. The van der Waals surface area contributed by atoms with Crippen LogP contribution in [0.2, 0.25) is 0 Å². The van der Waals surface area contributed by atoms with Gasteiger partial charge in [0.25, 0.3) is 0 Å². The van der Waals surface area contributed by atoms with Crippen molar-refractivity contribution in [3.63, 3.8) is 0 Å². The first-order chi connectivity index (χ1) is 14.1. The summed E-state index contributed by atoms with van der Waals surface area (Å²) in [5.41, 5.74) is 4.84. The number of carbonyl (C=O) groups is 1. The summed E-state index contributed by atoms with van der Waals surface area (Å²) in [7, 11) is 0. The van der Waals surface area contributed by atoms with Gasteiger partial charge in [0, 0.05) is 5.69 Å². The number of hydrogen-bond acceptors (Lipinski definition) is 6. The molecule has 0 aliphatic rings. The zero-order valence-electron chi connectivity index (χ0n) is 15.2. The van der Waals surface area contributed by atoms with Crippen LogP contribution in [-0.4, -0.2) is 31.5 Å². The van der Waals surface area contributed by atoms with Crippen molar-refractivity contribution in [3.8, 4) is 5.69 Å². The zero-order valence-corrected chi connectivity index (χ0v) is 17.7. The molecule has 5 rings (SSSR count). The summed E-state index contributed by atoms with van der Waals surface area (Å²) in [5.74, 6) is -0.347. The highest BCUT2D eigenvalue weighted by Gasteiger charge is 2.16. The standard InChI is InChI=1S/C20H14N4O2S3/c1-2-26-18(25)11-7-9-12(10-8-11)23-17-15(29-20(23)28)16-21-13-5-3-4-6-14(13)24(16)19(27)22-17/h3-10,21H,2H2,1H3. The predicted molar refractivity (Wildman–Crippen MR) is 119 cm³/mol. The molecule has 0 radical (unpaired) electrons. The number of carbonyl (C=O) groups excluding carboxylic acids is 1. The lowest BCUT2D eigenvalue weighted by Crippen LogP contribution is -2.05. The van der Waals surface area contributed by atoms with Gasteiger partial charge in [0.15, 0.2) is 9.60 Å². The van der Waals surface area contributed by atoms with Gasteiger partial charge in [-0.25, -0.2) is 4.79 Å². The minimum Gasteiger partial charge on any atom is -0.462 e. The lowest BCUT2D eigenvalue weighted by atomic mass is 10.2. The van der Waals surface area contributed by atoms with E-state index >= 15 is 0 Å². The maximum absolute atomic E-state index is 11.9. The monoisotopic (exact) mass is 438 g/mol. The topological polar surface area (TPSA) is 64.3 Å². The molecule has 2 aromatic carbocycles. The third kappa shape index (κ3) is 2.81. The van der Waals surface area contributed by atoms with Crippen LogP contribution in [0.5, 0.6) is 0 Å². The van der Waals surface area contributed by atoms with Gasteiger partial charge in [-0.2, -0.15) is 4.98 Å². The normalized spacial score (nSPS) is 11.5. The zero-order chi connectivity index (χ0) is 20.1. The molecule has 6 nitrogen and oxygen atoms in total. The summed E-state index contributed by atoms with van der Waals surface area (Å²) < 4.78 is 10.9. The smallest absolute Gasteiger partial charge is 0.338 e. The number of imidazole rings is 1. The van der Waals surface area contributed by atoms with Crippen LogP contribution in [0.25, 0.3) is 32.7 Å². The van der Waals surface area contributed by atoms with Crippen LogP contribution in [0.4, 0.5) is 0 Å². The molecule has 29 heavy (non-hydrogen) atoms. The Hall–Kier alpha value is -2.88. The quantitative estimate of drug-likeness (QED) is 0.299. The van der Waals surface area contributed by atoms with E-state index in [2.05, 4.69) is 9.97 Å². The molecule has 0 atom stereocenters. The lowest BCUT2D eigenvalue weighted by molar-refractivity contribution is 0.0526.